The van der Waals surface area contributed by atoms with Gasteiger partial charge in [-0.25, -0.2) is 0 Å². The monoisotopic (exact) mass is 271 g/mol. The van der Waals surface area contributed by atoms with Gasteiger partial charge in [0.15, 0.2) is 0 Å². The van der Waals surface area contributed by atoms with Gasteiger partial charge >= 0.3 is 0 Å². The first-order valence-electron chi connectivity index (χ1n) is 7.41. The summed E-state index contributed by atoms with van der Waals surface area (Å²) in [7, 11) is 0. The van der Waals surface area contributed by atoms with Gasteiger partial charge in [-0.1, -0.05) is 25.1 Å². The number of hydrogen-bond acceptors (Lipinski definition) is 2. The third-order valence-corrected chi connectivity index (χ3v) is 3.82. The van der Waals surface area contributed by atoms with E-state index in [4.69, 9.17) is 4.42 Å². The van der Waals surface area contributed by atoms with E-state index >= 15 is 0 Å². The molecule has 1 atom stereocenters. The Bertz CT molecular complexity index is 563. The van der Waals surface area contributed by atoms with Crippen molar-refractivity contribution in [3.63, 3.8) is 0 Å². The van der Waals surface area contributed by atoms with Gasteiger partial charge in [0, 0.05) is 5.56 Å². The largest absolute Gasteiger partial charge is 0.466 e. The first-order chi connectivity index (χ1) is 9.54. The van der Waals surface area contributed by atoms with Crippen LogP contribution in [0.3, 0.4) is 0 Å². The minimum absolute atomic E-state index is 0.216. The normalized spacial score (nSPS) is 12.7. The minimum atomic E-state index is 0.216. The second kappa shape index (κ2) is 6.27. The first kappa shape index (κ1) is 14.9. The van der Waals surface area contributed by atoms with Crippen LogP contribution in [0.15, 0.2) is 28.7 Å². The number of benzene rings is 1. The number of rotatable bonds is 5. The predicted octanol–water partition coefficient (Wildman–Crippen LogP) is 4.60. The van der Waals surface area contributed by atoms with Gasteiger partial charge in [-0.15, -0.1) is 0 Å². The predicted molar refractivity (Wildman–Crippen MR) is 84.2 cm³/mol. The average Bonchev–Trinajstić information content (AvgIpc) is 2.72. The Morgan fingerprint density at radius 2 is 1.75 bits per heavy atom. The Labute approximate surface area is 122 Å². The molecule has 20 heavy (non-hydrogen) atoms. The zero-order valence-corrected chi connectivity index (χ0v) is 13.2. The maximum Gasteiger partial charge on any atom is 0.106 e. The molecular formula is C18H25NO. The highest BCUT2D eigenvalue weighted by atomic mass is 16.3. The van der Waals surface area contributed by atoms with Gasteiger partial charge < -0.3 is 9.73 Å². The van der Waals surface area contributed by atoms with E-state index in [1.54, 1.807) is 0 Å². The van der Waals surface area contributed by atoms with Crippen LogP contribution in [0.1, 0.15) is 53.2 Å². The Morgan fingerprint density at radius 1 is 1.10 bits per heavy atom. The summed E-state index contributed by atoms with van der Waals surface area (Å²) in [6.45, 7) is 11.6. The molecule has 1 aromatic heterocycles. The zero-order valence-electron chi connectivity index (χ0n) is 13.2. The molecule has 0 spiro atoms. The van der Waals surface area contributed by atoms with E-state index in [9.17, 15) is 0 Å². The molecule has 0 fully saturated rings. The number of nitrogens with one attached hydrogen (secondary N) is 1. The molecular weight excluding hydrogens is 246 g/mol. The summed E-state index contributed by atoms with van der Waals surface area (Å²) in [5.74, 6) is 1.99. The minimum Gasteiger partial charge on any atom is -0.466 e. The molecule has 0 saturated carbocycles. The molecule has 2 heteroatoms. The van der Waals surface area contributed by atoms with E-state index in [0.29, 0.717) is 0 Å². The molecule has 1 N–H and O–H groups in total. The van der Waals surface area contributed by atoms with Crippen LogP contribution in [0.5, 0.6) is 0 Å². The third kappa shape index (κ3) is 2.96. The fourth-order valence-electron chi connectivity index (χ4n) is 2.88. The van der Waals surface area contributed by atoms with Crippen molar-refractivity contribution in [1.82, 2.24) is 5.32 Å². The van der Waals surface area contributed by atoms with Crippen molar-refractivity contribution < 1.29 is 4.42 Å². The summed E-state index contributed by atoms with van der Waals surface area (Å²) in [5, 5.41) is 3.68. The number of hydrogen-bond donors (Lipinski definition) is 1. The van der Waals surface area contributed by atoms with Crippen molar-refractivity contribution >= 4 is 0 Å². The van der Waals surface area contributed by atoms with Crippen molar-refractivity contribution in [3.05, 3.63) is 58.0 Å². The summed E-state index contributed by atoms with van der Waals surface area (Å²) < 4.78 is 5.74. The standard InChI is InChI=1S/C18H25NO/c1-6-10-19-18(16-11-14(4)20-15(16)5)17-12(2)8-7-9-13(17)3/h7-9,11,18-19H,6,10H2,1-5H3. The topological polar surface area (TPSA) is 25.2 Å². The lowest BCUT2D eigenvalue weighted by molar-refractivity contribution is 0.493. The number of furan rings is 1. The van der Waals surface area contributed by atoms with Gasteiger partial charge in [0.1, 0.15) is 11.5 Å². The van der Waals surface area contributed by atoms with Crippen LogP contribution in [-0.2, 0) is 0 Å². The molecule has 0 saturated heterocycles. The molecule has 1 heterocycles. The zero-order chi connectivity index (χ0) is 14.7. The fourth-order valence-corrected chi connectivity index (χ4v) is 2.88. The van der Waals surface area contributed by atoms with Crippen molar-refractivity contribution in [2.75, 3.05) is 6.54 Å². The van der Waals surface area contributed by atoms with E-state index in [0.717, 1.165) is 24.5 Å². The maximum atomic E-state index is 5.74. The van der Waals surface area contributed by atoms with Crippen LogP contribution in [0.2, 0.25) is 0 Å². The molecule has 1 aromatic carbocycles. The van der Waals surface area contributed by atoms with E-state index in [1.807, 2.05) is 6.92 Å². The Kier molecular flexibility index (Phi) is 4.66. The SMILES string of the molecule is CCCNC(c1cc(C)oc1C)c1c(C)cccc1C. The molecule has 2 aromatic rings. The van der Waals surface area contributed by atoms with Crippen LogP contribution in [0.4, 0.5) is 0 Å². The van der Waals surface area contributed by atoms with Gasteiger partial charge in [-0.2, -0.15) is 0 Å². The fraction of sp³-hybridized carbons (Fsp3) is 0.444. The van der Waals surface area contributed by atoms with Crippen LogP contribution in [-0.4, -0.2) is 6.54 Å². The number of aryl methyl sites for hydroxylation is 4. The van der Waals surface area contributed by atoms with Crippen LogP contribution in [0.25, 0.3) is 0 Å². The van der Waals surface area contributed by atoms with Crippen LogP contribution < -0.4 is 5.32 Å². The summed E-state index contributed by atoms with van der Waals surface area (Å²) in [6.07, 6.45) is 1.12. The van der Waals surface area contributed by atoms with E-state index in [2.05, 4.69) is 57.3 Å². The quantitative estimate of drug-likeness (QED) is 0.859. The lowest BCUT2D eigenvalue weighted by Crippen LogP contribution is -2.25. The molecule has 1 unspecified atom stereocenters. The Balaban J connectivity index is 2.50. The lowest BCUT2D eigenvalue weighted by Gasteiger charge is -2.22. The molecule has 2 rings (SSSR count). The Morgan fingerprint density at radius 3 is 2.25 bits per heavy atom. The van der Waals surface area contributed by atoms with Gasteiger partial charge in [-0.3, -0.25) is 0 Å². The van der Waals surface area contributed by atoms with Gasteiger partial charge in [0.2, 0.25) is 0 Å². The summed E-state index contributed by atoms with van der Waals surface area (Å²) >= 11 is 0. The van der Waals surface area contributed by atoms with Crippen molar-refractivity contribution in [3.8, 4) is 0 Å². The lowest BCUT2D eigenvalue weighted by atomic mass is 9.91. The molecule has 0 bridgehead atoms. The van der Waals surface area contributed by atoms with Crippen molar-refractivity contribution in [1.29, 1.82) is 0 Å². The Hall–Kier alpha value is -1.54. The van der Waals surface area contributed by atoms with Crippen LogP contribution in [0, 0.1) is 27.7 Å². The van der Waals surface area contributed by atoms with Crippen molar-refractivity contribution in [2.24, 2.45) is 0 Å². The highest BCUT2D eigenvalue weighted by Crippen LogP contribution is 2.31. The molecule has 0 aliphatic rings. The second-order valence-electron chi connectivity index (χ2n) is 5.56. The van der Waals surface area contributed by atoms with Gasteiger partial charge in [0.25, 0.3) is 0 Å². The highest BCUT2D eigenvalue weighted by Gasteiger charge is 2.21. The molecule has 0 aliphatic carbocycles. The molecule has 0 radical (unpaired) electrons. The van der Waals surface area contributed by atoms with E-state index in [1.165, 1.54) is 22.3 Å². The van der Waals surface area contributed by atoms with E-state index in [-0.39, 0.29) is 6.04 Å². The third-order valence-electron chi connectivity index (χ3n) is 3.82. The van der Waals surface area contributed by atoms with E-state index < -0.39 is 0 Å². The maximum absolute atomic E-state index is 5.74. The molecule has 0 aliphatic heterocycles. The average molecular weight is 271 g/mol. The smallest absolute Gasteiger partial charge is 0.106 e. The second-order valence-corrected chi connectivity index (χ2v) is 5.56. The molecule has 108 valence electrons. The van der Waals surface area contributed by atoms with Gasteiger partial charge in [-0.05, 0) is 63.4 Å². The summed E-state index contributed by atoms with van der Waals surface area (Å²) in [6, 6.07) is 8.87. The summed E-state index contributed by atoms with van der Waals surface area (Å²) in [4.78, 5) is 0. The highest BCUT2D eigenvalue weighted by molar-refractivity contribution is 5.43. The first-order valence-corrected chi connectivity index (χ1v) is 7.41. The molecule has 2 nitrogen and oxygen atoms in total. The van der Waals surface area contributed by atoms with Crippen LogP contribution >= 0.6 is 0 Å². The van der Waals surface area contributed by atoms with Crippen molar-refractivity contribution in [2.45, 2.75) is 47.1 Å². The summed E-state index contributed by atoms with van der Waals surface area (Å²) in [5.41, 5.74) is 5.30. The van der Waals surface area contributed by atoms with Gasteiger partial charge in [0.05, 0.1) is 6.04 Å². The molecule has 0 amide bonds.